The monoisotopic (exact) mass is 198 g/mol. The molecule has 3 N–H and O–H groups in total. The molecule has 0 bridgehead atoms. The highest BCUT2D eigenvalue weighted by Gasteiger charge is 2.29. The highest BCUT2D eigenvalue weighted by Crippen LogP contribution is 2.25. The third kappa shape index (κ3) is 2.98. The number of rotatable bonds is 4. The van der Waals surface area contributed by atoms with Crippen LogP contribution in [-0.2, 0) is 4.79 Å². The molecule has 0 radical (unpaired) electrons. The van der Waals surface area contributed by atoms with Crippen molar-refractivity contribution >= 4 is 5.91 Å². The molecule has 1 aliphatic rings. The first-order valence-electron chi connectivity index (χ1n) is 5.67. The van der Waals surface area contributed by atoms with Gasteiger partial charge in [0.1, 0.15) is 0 Å². The largest absolute Gasteiger partial charge is 0.368 e. The average molecular weight is 198 g/mol. The van der Waals surface area contributed by atoms with E-state index in [0.29, 0.717) is 5.92 Å². The molecule has 1 saturated heterocycles. The number of carbonyl (C=O) groups is 1. The van der Waals surface area contributed by atoms with E-state index in [9.17, 15) is 4.79 Å². The third-order valence-corrected chi connectivity index (χ3v) is 3.31. The summed E-state index contributed by atoms with van der Waals surface area (Å²) >= 11 is 0. The van der Waals surface area contributed by atoms with E-state index in [2.05, 4.69) is 19.2 Å². The number of hydrogen-bond acceptors (Lipinski definition) is 2. The minimum absolute atomic E-state index is 0.0946. The Morgan fingerprint density at radius 1 is 1.57 bits per heavy atom. The van der Waals surface area contributed by atoms with Crippen LogP contribution in [0.3, 0.4) is 0 Å². The van der Waals surface area contributed by atoms with Crippen LogP contribution in [0.1, 0.15) is 39.5 Å². The number of hydrogen-bond donors (Lipinski definition) is 2. The lowest BCUT2D eigenvalue weighted by molar-refractivity contribution is -0.121. The number of piperidine rings is 1. The van der Waals surface area contributed by atoms with Crippen LogP contribution < -0.4 is 11.1 Å². The molecule has 3 nitrogen and oxygen atoms in total. The van der Waals surface area contributed by atoms with Crippen LogP contribution in [-0.4, -0.2) is 18.5 Å². The van der Waals surface area contributed by atoms with Crippen molar-refractivity contribution in [2.24, 2.45) is 17.6 Å². The van der Waals surface area contributed by atoms with Gasteiger partial charge in [-0.3, -0.25) is 4.79 Å². The zero-order valence-electron chi connectivity index (χ0n) is 9.25. The van der Waals surface area contributed by atoms with Crippen molar-refractivity contribution in [1.82, 2.24) is 5.32 Å². The van der Waals surface area contributed by atoms with Crippen molar-refractivity contribution in [3.8, 4) is 0 Å². The molecular formula is C11H22N2O. The SMILES string of the molecule is CCCCC1CNC(C(N)=O)CC1C. The van der Waals surface area contributed by atoms with Gasteiger partial charge in [0.05, 0.1) is 6.04 Å². The van der Waals surface area contributed by atoms with Crippen molar-refractivity contribution in [3.63, 3.8) is 0 Å². The minimum atomic E-state index is -0.203. The second kappa shape index (κ2) is 5.35. The van der Waals surface area contributed by atoms with Crippen LogP contribution in [0, 0.1) is 11.8 Å². The van der Waals surface area contributed by atoms with E-state index >= 15 is 0 Å². The molecule has 82 valence electrons. The zero-order chi connectivity index (χ0) is 10.6. The molecule has 1 aliphatic heterocycles. The van der Waals surface area contributed by atoms with Gasteiger partial charge in [-0.05, 0) is 31.2 Å². The average Bonchev–Trinajstić information content (AvgIpc) is 2.15. The standard InChI is InChI=1S/C11H22N2O/c1-3-4-5-9-7-13-10(11(12)14)6-8(9)2/h8-10,13H,3-7H2,1-2H3,(H2,12,14). The first kappa shape index (κ1) is 11.5. The lowest BCUT2D eigenvalue weighted by Crippen LogP contribution is -2.49. The summed E-state index contributed by atoms with van der Waals surface area (Å²) in [7, 11) is 0. The maximum absolute atomic E-state index is 11.0. The summed E-state index contributed by atoms with van der Waals surface area (Å²) in [6, 6.07) is -0.0946. The van der Waals surface area contributed by atoms with Gasteiger partial charge in [0.25, 0.3) is 0 Å². The lowest BCUT2D eigenvalue weighted by atomic mass is 9.81. The van der Waals surface area contributed by atoms with Crippen LogP contribution in [0.2, 0.25) is 0 Å². The Labute approximate surface area is 86.4 Å². The second-order valence-electron chi connectivity index (χ2n) is 4.48. The number of primary amides is 1. The molecule has 0 aliphatic carbocycles. The number of amides is 1. The van der Waals surface area contributed by atoms with Crippen LogP contribution in [0.15, 0.2) is 0 Å². The van der Waals surface area contributed by atoms with Crippen molar-refractivity contribution < 1.29 is 4.79 Å². The summed E-state index contributed by atoms with van der Waals surface area (Å²) < 4.78 is 0. The van der Waals surface area contributed by atoms with E-state index in [1.54, 1.807) is 0 Å². The zero-order valence-corrected chi connectivity index (χ0v) is 9.25. The van der Waals surface area contributed by atoms with Gasteiger partial charge in [-0.1, -0.05) is 26.7 Å². The Kier molecular flexibility index (Phi) is 4.39. The Hall–Kier alpha value is -0.570. The number of nitrogens with one attached hydrogen (secondary N) is 1. The topological polar surface area (TPSA) is 55.1 Å². The molecule has 0 spiro atoms. The fourth-order valence-corrected chi connectivity index (χ4v) is 2.21. The molecular weight excluding hydrogens is 176 g/mol. The normalized spacial score (nSPS) is 32.9. The van der Waals surface area contributed by atoms with Gasteiger partial charge in [0.2, 0.25) is 5.91 Å². The van der Waals surface area contributed by atoms with Crippen molar-refractivity contribution in [2.45, 2.75) is 45.6 Å². The van der Waals surface area contributed by atoms with Crippen molar-refractivity contribution in [1.29, 1.82) is 0 Å². The number of unbranched alkanes of at least 4 members (excludes halogenated alkanes) is 1. The van der Waals surface area contributed by atoms with Gasteiger partial charge in [-0.25, -0.2) is 0 Å². The molecule has 0 aromatic heterocycles. The van der Waals surface area contributed by atoms with Crippen LogP contribution in [0.25, 0.3) is 0 Å². The first-order valence-corrected chi connectivity index (χ1v) is 5.67. The summed E-state index contributed by atoms with van der Waals surface area (Å²) in [6.07, 6.45) is 4.72. The first-order chi connectivity index (χ1) is 6.65. The molecule has 1 heterocycles. The predicted octanol–water partition coefficient (Wildman–Crippen LogP) is 1.28. The van der Waals surface area contributed by atoms with Crippen LogP contribution >= 0.6 is 0 Å². The summed E-state index contributed by atoms with van der Waals surface area (Å²) in [5.74, 6) is 1.15. The van der Waals surface area contributed by atoms with E-state index in [4.69, 9.17) is 5.73 Å². The van der Waals surface area contributed by atoms with Gasteiger partial charge in [-0.2, -0.15) is 0 Å². The van der Waals surface area contributed by atoms with Crippen molar-refractivity contribution in [3.05, 3.63) is 0 Å². The van der Waals surface area contributed by atoms with E-state index in [1.165, 1.54) is 19.3 Å². The molecule has 3 heteroatoms. The fraction of sp³-hybridized carbons (Fsp3) is 0.909. The third-order valence-electron chi connectivity index (χ3n) is 3.31. The van der Waals surface area contributed by atoms with Gasteiger partial charge in [0, 0.05) is 0 Å². The molecule has 0 aromatic carbocycles. The maximum Gasteiger partial charge on any atom is 0.234 e. The van der Waals surface area contributed by atoms with E-state index in [0.717, 1.165) is 18.9 Å². The molecule has 1 fully saturated rings. The molecule has 0 saturated carbocycles. The van der Waals surface area contributed by atoms with Crippen molar-refractivity contribution in [2.75, 3.05) is 6.54 Å². The fourth-order valence-electron chi connectivity index (χ4n) is 2.21. The second-order valence-corrected chi connectivity index (χ2v) is 4.48. The van der Waals surface area contributed by atoms with E-state index in [-0.39, 0.29) is 11.9 Å². The highest BCUT2D eigenvalue weighted by molar-refractivity contribution is 5.79. The Balaban J connectivity index is 2.35. The smallest absolute Gasteiger partial charge is 0.234 e. The van der Waals surface area contributed by atoms with E-state index < -0.39 is 0 Å². The number of carbonyl (C=O) groups excluding carboxylic acids is 1. The number of nitrogens with two attached hydrogens (primary N) is 1. The Bertz CT molecular complexity index is 194. The Morgan fingerprint density at radius 3 is 2.79 bits per heavy atom. The summed E-state index contributed by atoms with van der Waals surface area (Å²) in [5.41, 5.74) is 5.27. The van der Waals surface area contributed by atoms with Crippen LogP contribution in [0.5, 0.6) is 0 Å². The predicted molar refractivity (Wildman–Crippen MR) is 57.8 cm³/mol. The quantitative estimate of drug-likeness (QED) is 0.715. The minimum Gasteiger partial charge on any atom is -0.368 e. The molecule has 14 heavy (non-hydrogen) atoms. The lowest BCUT2D eigenvalue weighted by Gasteiger charge is -2.33. The molecule has 3 unspecified atom stereocenters. The molecule has 1 amide bonds. The van der Waals surface area contributed by atoms with Gasteiger partial charge >= 0.3 is 0 Å². The summed E-state index contributed by atoms with van der Waals surface area (Å²) in [6.45, 7) is 5.40. The summed E-state index contributed by atoms with van der Waals surface area (Å²) in [4.78, 5) is 11.0. The summed E-state index contributed by atoms with van der Waals surface area (Å²) in [5, 5.41) is 3.23. The van der Waals surface area contributed by atoms with Gasteiger partial charge < -0.3 is 11.1 Å². The van der Waals surface area contributed by atoms with E-state index in [1.807, 2.05) is 0 Å². The van der Waals surface area contributed by atoms with Gasteiger partial charge in [-0.15, -0.1) is 0 Å². The molecule has 0 aromatic rings. The molecule has 3 atom stereocenters. The highest BCUT2D eigenvalue weighted by atomic mass is 16.1. The van der Waals surface area contributed by atoms with Gasteiger partial charge in [0.15, 0.2) is 0 Å². The maximum atomic E-state index is 11.0. The molecule has 1 rings (SSSR count). The van der Waals surface area contributed by atoms with Crippen LogP contribution in [0.4, 0.5) is 0 Å². The Morgan fingerprint density at radius 2 is 2.29 bits per heavy atom.